The zero-order valence-corrected chi connectivity index (χ0v) is 18.6. The number of nitrogens with zero attached hydrogens (tertiary/aromatic N) is 1. The summed E-state index contributed by atoms with van der Waals surface area (Å²) in [6, 6.07) is 11.4. The van der Waals surface area contributed by atoms with E-state index in [4.69, 9.17) is 14.2 Å². The van der Waals surface area contributed by atoms with Gasteiger partial charge in [-0.15, -0.1) is 0 Å². The van der Waals surface area contributed by atoms with E-state index in [2.05, 4.69) is 0 Å². The maximum Gasteiger partial charge on any atom is 0.243 e. The van der Waals surface area contributed by atoms with Gasteiger partial charge >= 0.3 is 0 Å². The minimum atomic E-state index is -3.58. The van der Waals surface area contributed by atoms with Crippen molar-refractivity contribution >= 4 is 21.9 Å². The fourth-order valence-electron chi connectivity index (χ4n) is 3.12. The van der Waals surface area contributed by atoms with Crippen molar-refractivity contribution in [1.82, 2.24) is 4.31 Å². The van der Waals surface area contributed by atoms with Crippen LogP contribution in [0.3, 0.4) is 0 Å². The molecule has 0 amide bonds. The third kappa shape index (κ3) is 5.72. The Morgan fingerprint density at radius 2 is 1.81 bits per heavy atom. The van der Waals surface area contributed by atoms with Gasteiger partial charge in [-0.05, 0) is 54.5 Å². The van der Waals surface area contributed by atoms with Crippen LogP contribution >= 0.6 is 0 Å². The lowest BCUT2D eigenvalue weighted by atomic mass is 10.1. The first-order valence-electron chi connectivity index (χ1n) is 10.2. The number of ketones is 1. The zero-order valence-electron chi connectivity index (χ0n) is 17.7. The molecular formula is C23H27NO6S. The maximum absolute atomic E-state index is 12.7. The molecule has 0 aromatic heterocycles. The monoisotopic (exact) mass is 445 g/mol. The molecule has 7 nitrogen and oxygen atoms in total. The van der Waals surface area contributed by atoms with E-state index in [1.165, 1.54) is 34.6 Å². The van der Waals surface area contributed by atoms with Crippen LogP contribution in [0, 0.1) is 0 Å². The van der Waals surface area contributed by atoms with Gasteiger partial charge < -0.3 is 14.2 Å². The Balaban J connectivity index is 1.71. The second-order valence-corrected chi connectivity index (χ2v) is 8.94. The minimum absolute atomic E-state index is 0.169. The molecule has 0 atom stereocenters. The van der Waals surface area contributed by atoms with Crippen LogP contribution in [-0.2, 0) is 14.8 Å². The fraction of sp³-hybridized carbons (Fsp3) is 0.348. The third-order valence-corrected chi connectivity index (χ3v) is 6.74. The van der Waals surface area contributed by atoms with Crippen molar-refractivity contribution in [2.75, 3.05) is 40.0 Å². The Labute approximate surface area is 183 Å². The van der Waals surface area contributed by atoms with E-state index in [0.29, 0.717) is 50.0 Å². The van der Waals surface area contributed by atoms with E-state index in [1.54, 1.807) is 19.3 Å². The van der Waals surface area contributed by atoms with Crippen LogP contribution in [0.4, 0.5) is 0 Å². The number of benzene rings is 2. The van der Waals surface area contributed by atoms with Gasteiger partial charge in [0.1, 0.15) is 0 Å². The second kappa shape index (κ2) is 10.6. The summed E-state index contributed by atoms with van der Waals surface area (Å²) >= 11 is 0. The molecule has 8 heteroatoms. The molecule has 3 rings (SSSR count). The number of methoxy groups -OCH3 is 1. The summed E-state index contributed by atoms with van der Waals surface area (Å²) in [4.78, 5) is 12.7. The number of carbonyl (C=O) groups excluding carboxylic acids is 1. The molecule has 1 saturated heterocycles. The van der Waals surface area contributed by atoms with E-state index in [-0.39, 0.29) is 10.7 Å². The van der Waals surface area contributed by atoms with Crippen LogP contribution < -0.4 is 9.47 Å². The standard InChI is InChI=1S/C23H27NO6S/c1-3-14-30-23-17-18(5-11-22(23)28-2)4-10-21(25)19-6-8-20(9-7-19)31(26,27)24-12-15-29-16-13-24/h4-11,17H,3,12-16H2,1-2H3/b10-4+. The number of hydrogen-bond donors (Lipinski definition) is 0. The first-order chi connectivity index (χ1) is 15.0. The van der Waals surface area contributed by atoms with E-state index < -0.39 is 10.0 Å². The predicted octanol–water partition coefficient (Wildman–Crippen LogP) is 3.40. The molecule has 1 heterocycles. The SMILES string of the molecule is CCCOc1cc(/C=C/C(=O)c2ccc(S(=O)(=O)N3CCOCC3)cc2)ccc1OC. The molecule has 0 saturated carbocycles. The zero-order chi connectivity index (χ0) is 22.3. The summed E-state index contributed by atoms with van der Waals surface area (Å²) in [6.07, 6.45) is 4.02. The topological polar surface area (TPSA) is 82.1 Å². The number of morpholine rings is 1. The molecule has 0 spiro atoms. The summed E-state index contributed by atoms with van der Waals surface area (Å²) in [5.41, 5.74) is 1.21. The molecule has 2 aromatic rings. The minimum Gasteiger partial charge on any atom is -0.493 e. The number of sulfonamides is 1. The smallest absolute Gasteiger partial charge is 0.243 e. The lowest BCUT2D eigenvalue weighted by molar-refractivity contribution is 0.0730. The van der Waals surface area contributed by atoms with Crippen LogP contribution in [0.2, 0.25) is 0 Å². The largest absolute Gasteiger partial charge is 0.493 e. The quantitative estimate of drug-likeness (QED) is 0.435. The van der Waals surface area contributed by atoms with Crippen LogP contribution in [0.25, 0.3) is 6.08 Å². The number of ether oxygens (including phenoxy) is 3. The van der Waals surface area contributed by atoms with E-state index in [9.17, 15) is 13.2 Å². The lowest BCUT2D eigenvalue weighted by Crippen LogP contribution is -2.40. The van der Waals surface area contributed by atoms with Crippen LogP contribution in [0.5, 0.6) is 11.5 Å². The molecule has 166 valence electrons. The average molecular weight is 446 g/mol. The van der Waals surface area contributed by atoms with Crippen LogP contribution in [0.15, 0.2) is 53.4 Å². The Hall–Kier alpha value is -2.68. The molecule has 0 aliphatic carbocycles. The normalized spacial score (nSPS) is 15.2. The first kappa shape index (κ1) is 23.0. The van der Waals surface area contributed by atoms with Crippen molar-refractivity contribution in [3.8, 4) is 11.5 Å². The Morgan fingerprint density at radius 3 is 2.45 bits per heavy atom. The summed E-state index contributed by atoms with van der Waals surface area (Å²) < 4.78 is 43.0. The molecule has 1 aliphatic rings. The summed E-state index contributed by atoms with van der Waals surface area (Å²) in [5.74, 6) is 1.03. The second-order valence-electron chi connectivity index (χ2n) is 7.00. The lowest BCUT2D eigenvalue weighted by Gasteiger charge is -2.26. The van der Waals surface area contributed by atoms with Crippen molar-refractivity contribution in [2.45, 2.75) is 18.2 Å². The molecule has 31 heavy (non-hydrogen) atoms. The first-order valence-corrected chi connectivity index (χ1v) is 11.6. The number of carbonyl (C=O) groups is 1. The highest BCUT2D eigenvalue weighted by Crippen LogP contribution is 2.28. The van der Waals surface area contributed by atoms with Gasteiger partial charge in [0.15, 0.2) is 17.3 Å². The summed E-state index contributed by atoms with van der Waals surface area (Å²) in [7, 11) is -2.00. The third-order valence-electron chi connectivity index (χ3n) is 4.82. The van der Waals surface area contributed by atoms with Crippen molar-refractivity contribution < 1.29 is 27.4 Å². The fourth-order valence-corrected chi connectivity index (χ4v) is 4.53. The van der Waals surface area contributed by atoms with E-state index in [1.807, 2.05) is 19.1 Å². The Kier molecular flexibility index (Phi) is 7.84. The molecule has 2 aromatic carbocycles. The number of hydrogen-bond acceptors (Lipinski definition) is 6. The summed E-state index contributed by atoms with van der Waals surface area (Å²) in [6.45, 7) is 4.03. The van der Waals surface area contributed by atoms with Gasteiger partial charge in [-0.2, -0.15) is 4.31 Å². The highest BCUT2D eigenvalue weighted by molar-refractivity contribution is 7.89. The van der Waals surface area contributed by atoms with Crippen LogP contribution in [0.1, 0.15) is 29.3 Å². The highest BCUT2D eigenvalue weighted by Gasteiger charge is 2.26. The average Bonchev–Trinajstić information content (AvgIpc) is 2.81. The molecule has 0 unspecified atom stereocenters. The van der Waals surface area contributed by atoms with Gasteiger partial charge in [0.25, 0.3) is 0 Å². The van der Waals surface area contributed by atoms with Gasteiger partial charge in [0, 0.05) is 18.7 Å². The highest BCUT2D eigenvalue weighted by atomic mass is 32.2. The molecule has 0 bridgehead atoms. The molecule has 0 N–H and O–H groups in total. The molecule has 1 aliphatic heterocycles. The Morgan fingerprint density at radius 1 is 1.10 bits per heavy atom. The van der Waals surface area contributed by atoms with E-state index in [0.717, 1.165) is 12.0 Å². The molecular weight excluding hydrogens is 418 g/mol. The maximum atomic E-state index is 12.7. The van der Waals surface area contributed by atoms with E-state index >= 15 is 0 Å². The summed E-state index contributed by atoms with van der Waals surface area (Å²) in [5, 5.41) is 0. The molecule has 0 radical (unpaired) electrons. The van der Waals surface area contributed by atoms with Gasteiger partial charge in [-0.3, -0.25) is 4.79 Å². The van der Waals surface area contributed by atoms with Gasteiger partial charge in [-0.1, -0.05) is 19.1 Å². The molecule has 1 fully saturated rings. The van der Waals surface area contributed by atoms with Gasteiger partial charge in [-0.25, -0.2) is 8.42 Å². The van der Waals surface area contributed by atoms with Crippen molar-refractivity contribution in [1.29, 1.82) is 0 Å². The van der Waals surface area contributed by atoms with Crippen molar-refractivity contribution in [3.05, 3.63) is 59.7 Å². The van der Waals surface area contributed by atoms with Crippen molar-refractivity contribution in [3.63, 3.8) is 0 Å². The van der Waals surface area contributed by atoms with Crippen LogP contribution in [-0.4, -0.2) is 58.5 Å². The predicted molar refractivity (Wildman–Crippen MR) is 118 cm³/mol. The van der Waals surface area contributed by atoms with Gasteiger partial charge in [0.05, 0.1) is 31.8 Å². The Bertz CT molecular complexity index is 1020. The van der Waals surface area contributed by atoms with Gasteiger partial charge in [0.2, 0.25) is 10.0 Å². The number of allylic oxidation sites excluding steroid dienone is 1. The van der Waals surface area contributed by atoms with Crippen molar-refractivity contribution in [2.24, 2.45) is 0 Å². The number of rotatable bonds is 9.